The van der Waals surface area contributed by atoms with Crippen LogP contribution in [0.5, 0.6) is 5.75 Å². The van der Waals surface area contributed by atoms with Gasteiger partial charge in [0.25, 0.3) is 0 Å². The van der Waals surface area contributed by atoms with E-state index in [1.54, 1.807) is 6.07 Å². The van der Waals surface area contributed by atoms with Gasteiger partial charge in [0.05, 0.1) is 7.11 Å². The molecule has 0 spiro atoms. The Hall–Kier alpha value is -2.87. The van der Waals surface area contributed by atoms with Gasteiger partial charge in [0, 0.05) is 51.5 Å². The molecule has 2 aliphatic rings. The van der Waals surface area contributed by atoms with E-state index in [1.807, 2.05) is 24.4 Å². The van der Waals surface area contributed by atoms with E-state index in [9.17, 15) is 9.18 Å². The number of amides is 2. The molecule has 1 aromatic heterocycles. The fourth-order valence-electron chi connectivity index (χ4n) is 4.38. The smallest absolute Gasteiger partial charge is 0.315 e. The van der Waals surface area contributed by atoms with Crippen molar-refractivity contribution < 1.29 is 13.9 Å². The van der Waals surface area contributed by atoms with E-state index < -0.39 is 0 Å². The second-order valence-electron chi connectivity index (χ2n) is 8.57. The van der Waals surface area contributed by atoms with Crippen LogP contribution in [0.15, 0.2) is 36.5 Å². The van der Waals surface area contributed by atoms with Crippen molar-refractivity contribution in [2.75, 3.05) is 38.2 Å². The van der Waals surface area contributed by atoms with Gasteiger partial charge in [-0.25, -0.2) is 14.2 Å². The minimum Gasteiger partial charge on any atom is -0.494 e. The minimum atomic E-state index is -0.334. The van der Waals surface area contributed by atoms with Crippen molar-refractivity contribution in [1.82, 2.24) is 20.5 Å². The Morgan fingerprint density at radius 2 is 1.88 bits per heavy atom. The van der Waals surface area contributed by atoms with Crippen molar-refractivity contribution in [2.45, 2.75) is 44.8 Å². The van der Waals surface area contributed by atoms with Gasteiger partial charge in [0.15, 0.2) is 11.6 Å². The highest BCUT2D eigenvalue weighted by atomic mass is 19.1. The molecule has 1 aromatic carbocycles. The average Bonchev–Trinajstić information content (AvgIpc) is 3.35. The van der Waals surface area contributed by atoms with Crippen LogP contribution in [0.1, 0.15) is 36.8 Å². The van der Waals surface area contributed by atoms with E-state index in [0.717, 1.165) is 56.0 Å². The summed E-state index contributed by atoms with van der Waals surface area (Å²) >= 11 is 0. The van der Waals surface area contributed by atoms with Crippen LogP contribution in [0.25, 0.3) is 0 Å². The molecule has 2 fully saturated rings. The van der Waals surface area contributed by atoms with Crippen molar-refractivity contribution in [1.29, 1.82) is 0 Å². The largest absolute Gasteiger partial charge is 0.494 e. The van der Waals surface area contributed by atoms with Gasteiger partial charge in [0.2, 0.25) is 0 Å². The van der Waals surface area contributed by atoms with Gasteiger partial charge >= 0.3 is 6.03 Å². The maximum absolute atomic E-state index is 13.9. The number of urea groups is 1. The molecule has 32 heavy (non-hydrogen) atoms. The number of anilines is 1. The van der Waals surface area contributed by atoms with E-state index in [4.69, 9.17) is 4.74 Å². The Morgan fingerprint density at radius 1 is 1.12 bits per heavy atom. The number of nitrogens with one attached hydrogen (secondary N) is 2. The Kier molecular flexibility index (Phi) is 7.42. The Labute approximate surface area is 189 Å². The van der Waals surface area contributed by atoms with Gasteiger partial charge in [-0.05, 0) is 55.0 Å². The third kappa shape index (κ3) is 5.88. The van der Waals surface area contributed by atoms with E-state index in [2.05, 4.69) is 25.4 Å². The molecule has 0 atom stereocenters. The summed E-state index contributed by atoms with van der Waals surface area (Å²) in [4.78, 5) is 21.4. The zero-order chi connectivity index (χ0) is 22.3. The summed E-state index contributed by atoms with van der Waals surface area (Å²) in [7, 11) is 1.47. The number of piperidine rings is 1. The molecule has 0 bridgehead atoms. The molecule has 0 unspecified atom stereocenters. The summed E-state index contributed by atoms with van der Waals surface area (Å²) in [6, 6.07) is 9.15. The maximum Gasteiger partial charge on any atom is 0.315 e. The van der Waals surface area contributed by atoms with E-state index in [1.165, 1.54) is 26.0 Å². The number of aromatic nitrogens is 1. The first-order valence-electron chi connectivity index (χ1n) is 11.4. The normalized spacial score (nSPS) is 17.4. The van der Waals surface area contributed by atoms with Crippen LogP contribution >= 0.6 is 0 Å². The maximum atomic E-state index is 13.9. The van der Waals surface area contributed by atoms with Gasteiger partial charge in [-0.2, -0.15) is 0 Å². The lowest BCUT2D eigenvalue weighted by Gasteiger charge is -2.32. The molecule has 3 heterocycles. The molecule has 0 radical (unpaired) electrons. The molecular weight excluding hydrogens is 409 g/mol. The number of ether oxygens (including phenoxy) is 1. The zero-order valence-corrected chi connectivity index (χ0v) is 18.6. The van der Waals surface area contributed by atoms with Crippen LogP contribution < -0.4 is 20.3 Å². The summed E-state index contributed by atoms with van der Waals surface area (Å²) in [5.74, 6) is 0.944. The molecule has 8 heteroatoms. The second-order valence-corrected chi connectivity index (χ2v) is 8.57. The van der Waals surface area contributed by atoms with Gasteiger partial charge in [-0.3, -0.25) is 4.90 Å². The third-order valence-corrected chi connectivity index (χ3v) is 6.24. The van der Waals surface area contributed by atoms with Gasteiger partial charge in [-0.15, -0.1) is 0 Å². The predicted octanol–water partition coefficient (Wildman–Crippen LogP) is 3.29. The Balaban J connectivity index is 1.16. The molecule has 4 rings (SSSR count). The lowest BCUT2D eigenvalue weighted by Crippen LogP contribution is -2.47. The molecule has 2 amide bonds. The molecule has 2 aromatic rings. The van der Waals surface area contributed by atoms with E-state index in [-0.39, 0.29) is 23.6 Å². The number of pyridine rings is 1. The van der Waals surface area contributed by atoms with Crippen molar-refractivity contribution in [3.05, 3.63) is 53.5 Å². The highest BCUT2D eigenvalue weighted by molar-refractivity contribution is 5.74. The molecule has 2 N–H and O–H groups in total. The SMILES string of the molecule is COc1ccc(CN2CCC(NC(=O)NCc3ccc(N4CCCC4)nc3)CC2)cc1F. The topological polar surface area (TPSA) is 69.7 Å². The van der Waals surface area contributed by atoms with Gasteiger partial charge < -0.3 is 20.3 Å². The first kappa shape index (κ1) is 22.3. The average molecular weight is 442 g/mol. The molecule has 2 saturated heterocycles. The van der Waals surface area contributed by atoms with E-state index >= 15 is 0 Å². The van der Waals surface area contributed by atoms with Gasteiger partial charge in [0.1, 0.15) is 5.82 Å². The monoisotopic (exact) mass is 441 g/mol. The van der Waals surface area contributed by atoms with Crippen molar-refractivity contribution in [2.24, 2.45) is 0 Å². The summed E-state index contributed by atoms with van der Waals surface area (Å²) in [5.41, 5.74) is 1.92. The van der Waals surface area contributed by atoms with Crippen LogP contribution in [0, 0.1) is 5.82 Å². The number of hydrogen-bond donors (Lipinski definition) is 2. The standard InChI is InChI=1S/C24H32FN5O2/c1-32-22-6-4-18(14-21(22)25)17-29-12-8-20(9-13-29)28-24(31)27-16-19-5-7-23(26-15-19)30-10-2-3-11-30/h4-7,14-15,20H,2-3,8-13,16-17H2,1H3,(H2,27,28,31). The molecule has 172 valence electrons. The van der Waals surface area contributed by atoms with Crippen LogP contribution in [0.2, 0.25) is 0 Å². The highest BCUT2D eigenvalue weighted by Gasteiger charge is 2.21. The molecule has 7 nitrogen and oxygen atoms in total. The Morgan fingerprint density at radius 3 is 2.53 bits per heavy atom. The number of carbonyl (C=O) groups is 1. The second kappa shape index (κ2) is 10.6. The Bertz CT molecular complexity index is 894. The van der Waals surface area contributed by atoms with Crippen LogP contribution in [0.3, 0.4) is 0 Å². The number of benzene rings is 1. The molecular formula is C24H32FN5O2. The number of rotatable bonds is 7. The first-order chi connectivity index (χ1) is 15.6. The van der Waals surface area contributed by atoms with Crippen LogP contribution in [-0.4, -0.2) is 55.2 Å². The van der Waals surface area contributed by atoms with Crippen molar-refractivity contribution in [3.8, 4) is 5.75 Å². The zero-order valence-electron chi connectivity index (χ0n) is 18.6. The molecule has 2 aliphatic heterocycles. The lowest BCUT2D eigenvalue weighted by atomic mass is 10.0. The third-order valence-electron chi connectivity index (χ3n) is 6.24. The molecule has 0 saturated carbocycles. The van der Waals surface area contributed by atoms with Crippen molar-refractivity contribution in [3.63, 3.8) is 0 Å². The summed E-state index contributed by atoms with van der Waals surface area (Å²) in [6.45, 7) is 5.02. The number of hydrogen-bond acceptors (Lipinski definition) is 5. The summed E-state index contributed by atoms with van der Waals surface area (Å²) in [6.07, 6.45) is 6.04. The van der Waals surface area contributed by atoms with Crippen molar-refractivity contribution >= 4 is 11.8 Å². The summed E-state index contributed by atoms with van der Waals surface area (Å²) in [5, 5.41) is 6.00. The number of carbonyl (C=O) groups excluding carboxylic acids is 1. The summed E-state index contributed by atoms with van der Waals surface area (Å²) < 4.78 is 18.9. The predicted molar refractivity (Wildman–Crippen MR) is 122 cm³/mol. The van der Waals surface area contributed by atoms with Crippen LogP contribution in [-0.2, 0) is 13.1 Å². The fraction of sp³-hybridized carbons (Fsp3) is 0.500. The molecule has 0 aliphatic carbocycles. The van der Waals surface area contributed by atoms with Gasteiger partial charge in [-0.1, -0.05) is 12.1 Å². The number of nitrogens with zero attached hydrogens (tertiary/aromatic N) is 3. The van der Waals surface area contributed by atoms with E-state index in [0.29, 0.717) is 13.1 Å². The first-order valence-corrected chi connectivity index (χ1v) is 11.4. The number of likely N-dealkylation sites (tertiary alicyclic amines) is 1. The number of methoxy groups -OCH3 is 1. The number of halogens is 1. The fourth-order valence-corrected chi connectivity index (χ4v) is 4.38. The minimum absolute atomic E-state index is 0.148. The highest BCUT2D eigenvalue weighted by Crippen LogP contribution is 2.20. The van der Waals surface area contributed by atoms with Crippen LogP contribution in [0.4, 0.5) is 15.0 Å². The quantitative estimate of drug-likeness (QED) is 0.690. The lowest BCUT2D eigenvalue weighted by molar-refractivity contribution is 0.186.